The van der Waals surface area contributed by atoms with E-state index in [1.807, 2.05) is 0 Å². The van der Waals surface area contributed by atoms with Gasteiger partial charge >= 0.3 is 5.91 Å². The van der Waals surface area contributed by atoms with E-state index in [1.165, 1.54) is 28.8 Å². The van der Waals surface area contributed by atoms with Crippen molar-refractivity contribution in [3.63, 3.8) is 0 Å². The number of pyridine rings is 1. The van der Waals surface area contributed by atoms with E-state index in [0.717, 1.165) is 29.7 Å². The Morgan fingerprint density at radius 1 is 1.11 bits per heavy atom. The van der Waals surface area contributed by atoms with Crippen LogP contribution in [0.1, 0.15) is 23.4 Å². The van der Waals surface area contributed by atoms with Crippen LogP contribution in [0.2, 0.25) is 0 Å². The first-order chi connectivity index (χ1) is 12.9. The number of hydrazine groups is 1. The number of nitrogens with zero attached hydrogens (tertiary/aromatic N) is 2. The van der Waals surface area contributed by atoms with Gasteiger partial charge in [-0.05, 0) is 31.0 Å². The molecule has 0 saturated carbocycles. The van der Waals surface area contributed by atoms with Crippen LogP contribution in [0.25, 0.3) is 0 Å². The lowest BCUT2D eigenvalue weighted by Crippen LogP contribution is -2.44. The van der Waals surface area contributed by atoms with Gasteiger partial charge in [-0.3, -0.25) is 25.2 Å². The summed E-state index contributed by atoms with van der Waals surface area (Å²) < 4.78 is 32.3. The van der Waals surface area contributed by atoms with Crippen molar-refractivity contribution in [2.45, 2.75) is 24.3 Å². The van der Waals surface area contributed by atoms with Gasteiger partial charge in [0.1, 0.15) is 6.54 Å². The molecule has 0 bridgehead atoms. The summed E-state index contributed by atoms with van der Waals surface area (Å²) in [6.45, 7) is 0.405. The second-order valence-corrected chi connectivity index (χ2v) is 7.86. The summed E-state index contributed by atoms with van der Waals surface area (Å²) in [5.41, 5.74) is 3.74. The highest BCUT2D eigenvalue weighted by atomic mass is 32.2. The third-order valence-corrected chi connectivity index (χ3v) is 5.92. The number of carbonyl (C=O) groups is 2. The standard InChI is InChI=1S/C16H18N4O6S/c21-14(17-18-16(23)13-4-3-9-26-13)11-19-10-12(5-6-15(19)22)27(24,25)20-7-1-2-8-20/h3-6,9-10H,1-2,7-8,11H2,(H,17,21)(H,18,23). The number of rotatable bonds is 5. The van der Waals surface area contributed by atoms with Gasteiger partial charge in [0, 0.05) is 25.4 Å². The van der Waals surface area contributed by atoms with Crippen LogP contribution in [-0.4, -0.2) is 42.2 Å². The number of hydrogen-bond donors (Lipinski definition) is 2. The quantitative estimate of drug-likeness (QED) is 0.669. The molecule has 1 aliphatic heterocycles. The van der Waals surface area contributed by atoms with Crippen LogP contribution in [0.3, 0.4) is 0 Å². The Kier molecular flexibility index (Phi) is 5.42. The second kappa shape index (κ2) is 7.76. The number of nitrogens with one attached hydrogen (secondary N) is 2. The molecule has 0 aliphatic carbocycles. The number of sulfonamides is 1. The molecule has 0 spiro atoms. The summed E-state index contributed by atoms with van der Waals surface area (Å²) in [5, 5.41) is 0. The summed E-state index contributed by atoms with van der Waals surface area (Å²) in [5.74, 6) is -1.36. The summed E-state index contributed by atoms with van der Waals surface area (Å²) in [7, 11) is -3.71. The first-order valence-corrected chi connectivity index (χ1v) is 9.65. The molecule has 1 aliphatic rings. The van der Waals surface area contributed by atoms with Gasteiger partial charge in [-0.2, -0.15) is 4.31 Å². The minimum Gasteiger partial charge on any atom is -0.459 e. The van der Waals surface area contributed by atoms with Gasteiger partial charge in [0.2, 0.25) is 10.0 Å². The molecular weight excluding hydrogens is 376 g/mol. The van der Waals surface area contributed by atoms with Crippen molar-refractivity contribution in [3.8, 4) is 0 Å². The lowest BCUT2D eigenvalue weighted by molar-refractivity contribution is -0.122. The molecule has 0 aromatic carbocycles. The average Bonchev–Trinajstić information content (AvgIpc) is 3.35. The summed E-state index contributed by atoms with van der Waals surface area (Å²) >= 11 is 0. The predicted octanol–water partition coefficient (Wildman–Crippen LogP) is -0.313. The van der Waals surface area contributed by atoms with Crippen LogP contribution in [0.15, 0.2) is 50.8 Å². The van der Waals surface area contributed by atoms with Crippen molar-refractivity contribution in [1.82, 2.24) is 19.7 Å². The Bertz CT molecular complexity index is 990. The first kappa shape index (κ1) is 18.9. The van der Waals surface area contributed by atoms with E-state index >= 15 is 0 Å². The van der Waals surface area contributed by atoms with Gasteiger partial charge in [0.25, 0.3) is 11.5 Å². The lowest BCUT2D eigenvalue weighted by Gasteiger charge is -2.16. The smallest absolute Gasteiger partial charge is 0.305 e. The number of carbonyl (C=O) groups excluding carboxylic acids is 2. The highest BCUT2D eigenvalue weighted by Gasteiger charge is 2.27. The molecule has 2 amide bonds. The fraction of sp³-hybridized carbons (Fsp3) is 0.312. The third kappa shape index (κ3) is 4.26. The number of furan rings is 1. The minimum atomic E-state index is -3.71. The van der Waals surface area contributed by atoms with Crippen LogP contribution in [0.5, 0.6) is 0 Å². The highest BCUT2D eigenvalue weighted by Crippen LogP contribution is 2.19. The van der Waals surface area contributed by atoms with E-state index in [4.69, 9.17) is 4.42 Å². The lowest BCUT2D eigenvalue weighted by atomic mass is 10.4. The van der Waals surface area contributed by atoms with Crippen LogP contribution in [-0.2, 0) is 21.4 Å². The van der Waals surface area contributed by atoms with E-state index in [1.54, 1.807) is 0 Å². The predicted molar refractivity (Wildman–Crippen MR) is 93.0 cm³/mol. The second-order valence-electron chi connectivity index (χ2n) is 5.92. The van der Waals surface area contributed by atoms with Crippen molar-refractivity contribution in [2.24, 2.45) is 0 Å². The Hall–Kier alpha value is -2.92. The van der Waals surface area contributed by atoms with Crippen molar-refractivity contribution in [2.75, 3.05) is 13.1 Å². The van der Waals surface area contributed by atoms with Gasteiger partial charge in [-0.15, -0.1) is 0 Å². The molecule has 10 nitrogen and oxygen atoms in total. The van der Waals surface area contributed by atoms with Gasteiger partial charge in [0.05, 0.1) is 11.2 Å². The van der Waals surface area contributed by atoms with Crippen molar-refractivity contribution >= 4 is 21.8 Å². The van der Waals surface area contributed by atoms with Crippen molar-refractivity contribution in [3.05, 3.63) is 52.8 Å². The van der Waals surface area contributed by atoms with Crippen LogP contribution in [0, 0.1) is 0 Å². The molecule has 144 valence electrons. The normalized spacial score (nSPS) is 14.8. The third-order valence-electron chi connectivity index (χ3n) is 4.03. The van der Waals surface area contributed by atoms with E-state index < -0.39 is 33.9 Å². The maximum atomic E-state index is 12.6. The van der Waals surface area contributed by atoms with E-state index in [0.29, 0.717) is 13.1 Å². The molecule has 27 heavy (non-hydrogen) atoms. The molecule has 1 fully saturated rings. The van der Waals surface area contributed by atoms with E-state index in [-0.39, 0.29) is 10.7 Å². The molecule has 1 saturated heterocycles. The fourth-order valence-corrected chi connectivity index (χ4v) is 4.19. The Morgan fingerprint density at radius 3 is 2.52 bits per heavy atom. The van der Waals surface area contributed by atoms with Crippen LogP contribution < -0.4 is 16.4 Å². The molecule has 3 rings (SSSR count). The summed E-state index contributed by atoms with van der Waals surface area (Å²) in [6.07, 6.45) is 4.01. The largest absolute Gasteiger partial charge is 0.459 e. The van der Waals surface area contributed by atoms with Crippen molar-refractivity contribution < 1.29 is 22.4 Å². The molecule has 0 unspecified atom stereocenters. The monoisotopic (exact) mass is 394 g/mol. The Morgan fingerprint density at radius 2 is 1.85 bits per heavy atom. The fourth-order valence-electron chi connectivity index (χ4n) is 2.65. The van der Waals surface area contributed by atoms with Crippen LogP contribution in [0.4, 0.5) is 0 Å². The zero-order valence-electron chi connectivity index (χ0n) is 14.3. The van der Waals surface area contributed by atoms with Gasteiger partial charge in [-0.25, -0.2) is 8.42 Å². The highest BCUT2D eigenvalue weighted by molar-refractivity contribution is 7.89. The molecule has 2 aromatic heterocycles. The Balaban J connectivity index is 1.68. The molecular formula is C16H18N4O6S. The summed E-state index contributed by atoms with van der Waals surface area (Å²) in [4.78, 5) is 35.6. The zero-order chi connectivity index (χ0) is 19.4. The van der Waals surface area contributed by atoms with E-state index in [9.17, 15) is 22.8 Å². The maximum absolute atomic E-state index is 12.6. The van der Waals surface area contributed by atoms with Gasteiger partial charge < -0.3 is 8.98 Å². The number of hydrogen-bond acceptors (Lipinski definition) is 6. The van der Waals surface area contributed by atoms with Crippen molar-refractivity contribution in [1.29, 1.82) is 0 Å². The molecule has 2 N–H and O–H groups in total. The molecule has 3 heterocycles. The van der Waals surface area contributed by atoms with Gasteiger partial charge in [-0.1, -0.05) is 0 Å². The van der Waals surface area contributed by atoms with Gasteiger partial charge in [0.15, 0.2) is 5.76 Å². The number of amides is 2. The molecule has 0 radical (unpaired) electrons. The molecule has 2 aromatic rings. The molecule has 11 heteroatoms. The zero-order valence-corrected chi connectivity index (χ0v) is 15.1. The molecule has 0 atom stereocenters. The SMILES string of the molecule is O=C(Cn1cc(S(=O)(=O)N2CCCC2)ccc1=O)NNC(=O)c1ccco1. The topological polar surface area (TPSA) is 131 Å². The van der Waals surface area contributed by atoms with Crippen LogP contribution >= 0.6 is 0 Å². The minimum absolute atomic E-state index is 0.00571. The average molecular weight is 394 g/mol. The number of aromatic nitrogens is 1. The Labute approximate surface area is 154 Å². The summed E-state index contributed by atoms with van der Waals surface area (Å²) in [6, 6.07) is 5.25. The maximum Gasteiger partial charge on any atom is 0.305 e. The first-order valence-electron chi connectivity index (χ1n) is 8.21. The van der Waals surface area contributed by atoms with E-state index in [2.05, 4.69) is 10.9 Å².